The summed E-state index contributed by atoms with van der Waals surface area (Å²) in [6.45, 7) is 3.65. The number of carbonyl (C=O) groups is 2. The average Bonchev–Trinajstić information content (AvgIpc) is 2.82. The van der Waals surface area contributed by atoms with Crippen molar-refractivity contribution in [2.45, 2.75) is 32.4 Å². The Morgan fingerprint density at radius 1 is 1.55 bits per heavy atom. The molecule has 0 aromatic carbocycles. The lowest BCUT2D eigenvalue weighted by atomic mass is 10.1. The smallest absolute Gasteiger partial charge is 0.305 e. The second-order valence-electron chi connectivity index (χ2n) is 4.94. The molecule has 0 bridgehead atoms. The third-order valence-corrected chi connectivity index (χ3v) is 3.28. The normalized spacial score (nSPS) is 19.1. The molecular weight excluding hydrogens is 262 g/mol. The zero-order valence-corrected chi connectivity index (χ0v) is 11.5. The van der Waals surface area contributed by atoms with Gasteiger partial charge in [0.15, 0.2) is 0 Å². The van der Waals surface area contributed by atoms with E-state index in [1.165, 1.54) is 0 Å². The van der Waals surface area contributed by atoms with Crippen LogP contribution >= 0.6 is 0 Å². The molecule has 0 saturated carbocycles. The molecular formula is C13H19N3O4. The molecule has 1 amide bonds. The van der Waals surface area contributed by atoms with Crippen molar-refractivity contribution in [3.63, 3.8) is 0 Å². The highest BCUT2D eigenvalue weighted by molar-refractivity contribution is 5.77. The summed E-state index contributed by atoms with van der Waals surface area (Å²) in [7, 11) is 0. The number of aryl methyl sites for hydroxylation is 2. The van der Waals surface area contributed by atoms with Gasteiger partial charge >= 0.3 is 5.97 Å². The average molecular weight is 281 g/mol. The number of rotatable bonds is 5. The first-order valence-corrected chi connectivity index (χ1v) is 6.64. The fourth-order valence-electron chi connectivity index (χ4n) is 2.30. The van der Waals surface area contributed by atoms with Crippen LogP contribution in [0.4, 0.5) is 0 Å². The van der Waals surface area contributed by atoms with Crippen LogP contribution in [0.1, 0.15) is 18.4 Å². The maximum Gasteiger partial charge on any atom is 0.305 e. The summed E-state index contributed by atoms with van der Waals surface area (Å²) in [5.41, 5.74) is 1.05. The topological polar surface area (TPSA) is 84.7 Å². The summed E-state index contributed by atoms with van der Waals surface area (Å²) in [6.07, 6.45) is 3.86. The van der Waals surface area contributed by atoms with E-state index in [1.807, 2.05) is 13.1 Å². The van der Waals surface area contributed by atoms with Gasteiger partial charge in [-0.1, -0.05) is 0 Å². The van der Waals surface area contributed by atoms with E-state index < -0.39 is 5.97 Å². The van der Waals surface area contributed by atoms with Crippen LogP contribution in [0, 0.1) is 6.92 Å². The fourth-order valence-corrected chi connectivity index (χ4v) is 2.30. The molecule has 7 heteroatoms. The number of nitrogens with zero attached hydrogens (tertiary/aromatic N) is 3. The Labute approximate surface area is 117 Å². The van der Waals surface area contributed by atoms with Gasteiger partial charge in [-0.25, -0.2) is 0 Å². The number of amides is 1. The lowest BCUT2D eigenvalue weighted by molar-refractivity contribution is -0.146. The Balaban J connectivity index is 1.90. The predicted octanol–water partition coefficient (Wildman–Crippen LogP) is 0.284. The standard InChI is InChI=1S/C13H19N3O4/c1-10-7-14-15(8-10)3-2-12(17)16-4-5-20-9-11(16)6-13(18)19/h7-8,11H,2-6,9H2,1H3,(H,18,19). The molecule has 1 fully saturated rings. The maximum atomic E-state index is 12.2. The fraction of sp³-hybridized carbons (Fsp3) is 0.615. The summed E-state index contributed by atoms with van der Waals surface area (Å²) in [5, 5.41) is 13.0. The van der Waals surface area contributed by atoms with Crippen LogP contribution in [0.25, 0.3) is 0 Å². The van der Waals surface area contributed by atoms with Crippen LogP contribution in [-0.2, 0) is 20.9 Å². The van der Waals surface area contributed by atoms with E-state index >= 15 is 0 Å². The Hall–Kier alpha value is -1.89. The number of aromatic nitrogens is 2. The van der Waals surface area contributed by atoms with Gasteiger partial charge < -0.3 is 14.7 Å². The van der Waals surface area contributed by atoms with Gasteiger partial charge in [-0.3, -0.25) is 14.3 Å². The van der Waals surface area contributed by atoms with E-state index in [2.05, 4.69) is 5.10 Å². The van der Waals surface area contributed by atoms with E-state index in [9.17, 15) is 9.59 Å². The van der Waals surface area contributed by atoms with Gasteiger partial charge in [-0.2, -0.15) is 5.10 Å². The predicted molar refractivity (Wildman–Crippen MR) is 70.2 cm³/mol. The SMILES string of the molecule is Cc1cnn(CCC(=O)N2CCOCC2CC(=O)O)c1. The Kier molecular flexibility index (Phi) is 4.73. The first-order valence-electron chi connectivity index (χ1n) is 6.64. The molecule has 1 N–H and O–H groups in total. The van der Waals surface area contributed by atoms with E-state index in [4.69, 9.17) is 9.84 Å². The minimum absolute atomic E-state index is 0.0484. The second kappa shape index (κ2) is 6.51. The molecule has 7 nitrogen and oxygen atoms in total. The van der Waals surface area contributed by atoms with Gasteiger partial charge in [-0.15, -0.1) is 0 Å². The van der Waals surface area contributed by atoms with Crippen molar-refractivity contribution in [1.82, 2.24) is 14.7 Å². The molecule has 110 valence electrons. The molecule has 0 aliphatic carbocycles. The number of ether oxygens (including phenoxy) is 1. The van der Waals surface area contributed by atoms with Crippen LogP contribution in [0.5, 0.6) is 0 Å². The quantitative estimate of drug-likeness (QED) is 0.838. The van der Waals surface area contributed by atoms with E-state index in [0.717, 1.165) is 5.56 Å². The lowest BCUT2D eigenvalue weighted by Crippen LogP contribution is -2.49. The Bertz CT molecular complexity index is 486. The maximum absolute atomic E-state index is 12.2. The number of carbonyl (C=O) groups excluding carboxylic acids is 1. The van der Waals surface area contributed by atoms with Gasteiger partial charge in [-0.05, 0) is 12.5 Å². The third-order valence-electron chi connectivity index (χ3n) is 3.28. The van der Waals surface area contributed by atoms with Gasteiger partial charge in [0.2, 0.25) is 5.91 Å². The van der Waals surface area contributed by atoms with Crippen LogP contribution < -0.4 is 0 Å². The Morgan fingerprint density at radius 2 is 2.35 bits per heavy atom. The minimum Gasteiger partial charge on any atom is -0.481 e. The van der Waals surface area contributed by atoms with Crippen molar-refractivity contribution in [3.8, 4) is 0 Å². The molecule has 0 spiro atoms. The van der Waals surface area contributed by atoms with Crippen molar-refractivity contribution < 1.29 is 19.4 Å². The number of hydrogen-bond donors (Lipinski definition) is 1. The number of aliphatic carboxylic acids is 1. The van der Waals surface area contributed by atoms with Gasteiger partial charge in [0.05, 0.1) is 31.9 Å². The highest BCUT2D eigenvalue weighted by Crippen LogP contribution is 2.12. The van der Waals surface area contributed by atoms with Crippen LogP contribution in [0.2, 0.25) is 0 Å². The molecule has 2 rings (SSSR count). The van der Waals surface area contributed by atoms with Gasteiger partial charge in [0, 0.05) is 25.7 Å². The molecule has 2 heterocycles. The van der Waals surface area contributed by atoms with Crippen LogP contribution in [0.15, 0.2) is 12.4 Å². The molecule has 1 atom stereocenters. The van der Waals surface area contributed by atoms with Crippen LogP contribution in [-0.4, -0.2) is 57.5 Å². The first-order chi connectivity index (χ1) is 9.56. The van der Waals surface area contributed by atoms with Gasteiger partial charge in [0.1, 0.15) is 0 Å². The van der Waals surface area contributed by atoms with Crippen molar-refractivity contribution in [2.24, 2.45) is 0 Å². The van der Waals surface area contributed by atoms with Crippen molar-refractivity contribution >= 4 is 11.9 Å². The van der Waals surface area contributed by atoms with E-state index in [1.54, 1.807) is 15.8 Å². The largest absolute Gasteiger partial charge is 0.481 e. The zero-order valence-electron chi connectivity index (χ0n) is 11.5. The first kappa shape index (κ1) is 14.5. The lowest BCUT2D eigenvalue weighted by Gasteiger charge is -2.34. The number of morpholine rings is 1. The monoisotopic (exact) mass is 281 g/mol. The summed E-state index contributed by atoms with van der Waals surface area (Å²) >= 11 is 0. The summed E-state index contributed by atoms with van der Waals surface area (Å²) in [6, 6.07) is -0.367. The van der Waals surface area contributed by atoms with E-state index in [-0.39, 0.29) is 18.4 Å². The Morgan fingerprint density at radius 3 is 3.00 bits per heavy atom. The van der Waals surface area contributed by atoms with Crippen LogP contribution in [0.3, 0.4) is 0 Å². The molecule has 1 aliphatic rings. The molecule has 1 aromatic heterocycles. The summed E-state index contributed by atoms with van der Waals surface area (Å²) in [4.78, 5) is 24.6. The molecule has 1 aliphatic heterocycles. The van der Waals surface area contributed by atoms with E-state index in [0.29, 0.717) is 32.7 Å². The molecule has 0 radical (unpaired) electrons. The third kappa shape index (κ3) is 3.80. The number of hydrogen-bond acceptors (Lipinski definition) is 4. The summed E-state index contributed by atoms with van der Waals surface area (Å²) in [5.74, 6) is -0.964. The minimum atomic E-state index is -0.916. The highest BCUT2D eigenvalue weighted by atomic mass is 16.5. The molecule has 1 unspecified atom stereocenters. The molecule has 1 aromatic rings. The number of carboxylic acids is 1. The van der Waals surface area contributed by atoms with Crippen molar-refractivity contribution in [3.05, 3.63) is 18.0 Å². The summed E-state index contributed by atoms with van der Waals surface area (Å²) < 4.78 is 6.98. The molecule has 1 saturated heterocycles. The molecule has 20 heavy (non-hydrogen) atoms. The van der Waals surface area contributed by atoms with Gasteiger partial charge in [0.25, 0.3) is 0 Å². The number of carboxylic acid groups (broad SMARTS) is 1. The zero-order chi connectivity index (χ0) is 14.5. The second-order valence-corrected chi connectivity index (χ2v) is 4.94. The highest BCUT2D eigenvalue weighted by Gasteiger charge is 2.28. The van der Waals surface area contributed by atoms with Crippen molar-refractivity contribution in [2.75, 3.05) is 19.8 Å². The van der Waals surface area contributed by atoms with Crippen molar-refractivity contribution in [1.29, 1.82) is 0 Å².